The number of aromatic nitrogens is 2. The summed E-state index contributed by atoms with van der Waals surface area (Å²) >= 11 is 0. The van der Waals surface area contributed by atoms with E-state index in [2.05, 4.69) is 5.10 Å². The van der Waals surface area contributed by atoms with Gasteiger partial charge < -0.3 is 14.4 Å². The molecule has 29 heavy (non-hydrogen) atoms. The topological polar surface area (TPSA) is 56.6 Å². The molecule has 2 aromatic carbocycles. The zero-order valence-corrected chi connectivity index (χ0v) is 17.0. The summed E-state index contributed by atoms with van der Waals surface area (Å²) in [4.78, 5) is 15.1. The molecule has 6 heteroatoms. The van der Waals surface area contributed by atoms with Crippen LogP contribution in [-0.2, 0) is 6.54 Å². The molecule has 4 rings (SSSR count). The van der Waals surface area contributed by atoms with Gasteiger partial charge in [0.1, 0.15) is 17.2 Å². The standard InChI is InChI=1S/C23H25N3O3/c1-16-4-11-22(29-3)21(14-16)26-13-12-20(24-26)23(27)25(18-7-8-18)15-17-5-9-19(28-2)10-6-17/h4-6,9-14,18H,7-8,15H2,1-3H3. The van der Waals surface area contributed by atoms with Crippen molar-refractivity contribution in [2.45, 2.75) is 32.4 Å². The van der Waals surface area contributed by atoms with Crippen LogP contribution in [0.3, 0.4) is 0 Å². The zero-order chi connectivity index (χ0) is 20.4. The van der Waals surface area contributed by atoms with E-state index in [4.69, 9.17) is 9.47 Å². The first kappa shape index (κ1) is 19.1. The normalized spacial score (nSPS) is 13.2. The number of rotatable bonds is 7. The number of aryl methyl sites for hydroxylation is 1. The van der Waals surface area contributed by atoms with Crippen LogP contribution in [0.25, 0.3) is 5.69 Å². The van der Waals surface area contributed by atoms with Crippen LogP contribution in [0.1, 0.15) is 34.5 Å². The van der Waals surface area contributed by atoms with E-state index in [0.29, 0.717) is 12.2 Å². The minimum absolute atomic E-state index is 0.0475. The molecule has 3 aromatic rings. The summed E-state index contributed by atoms with van der Waals surface area (Å²) in [6.45, 7) is 2.58. The minimum atomic E-state index is -0.0475. The van der Waals surface area contributed by atoms with Gasteiger partial charge in [-0.05, 0) is 61.2 Å². The molecular formula is C23H25N3O3. The average Bonchev–Trinajstić information content (AvgIpc) is 3.47. The maximum Gasteiger partial charge on any atom is 0.274 e. The van der Waals surface area contributed by atoms with Crippen LogP contribution in [0, 0.1) is 6.92 Å². The molecule has 0 unspecified atom stereocenters. The van der Waals surface area contributed by atoms with Crippen molar-refractivity contribution in [2.24, 2.45) is 0 Å². The second kappa shape index (κ2) is 7.99. The summed E-state index contributed by atoms with van der Waals surface area (Å²) in [5.74, 6) is 1.48. The van der Waals surface area contributed by atoms with Gasteiger partial charge in [-0.1, -0.05) is 18.2 Å². The molecule has 0 aliphatic heterocycles. The van der Waals surface area contributed by atoms with Gasteiger partial charge in [0.05, 0.1) is 14.2 Å². The van der Waals surface area contributed by atoms with Gasteiger partial charge in [-0.15, -0.1) is 0 Å². The average molecular weight is 391 g/mol. The van der Waals surface area contributed by atoms with E-state index >= 15 is 0 Å². The van der Waals surface area contributed by atoms with E-state index in [-0.39, 0.29) is 11.9 Å². The van der Waals surface area contributed by atoms with Gasteiger partial charge in [-0.25, -0.2) is 4.68 Å². The third-order valence-electron chi connectivity index (χ3n) is 5.15. The Morgan fingerprint density at radius 2 is 1.86 bits per heavy atom. The molecule has 0 N–H and O–H groups in total. The number of hydrogen-bond donors (Lipinski definition) is 0. The van der Waals surface area contributed by atoms with Crippen LogP contribution in [0.15, 0.2) is 54.7 Å². The summed E-state index contributed by atoms with van der Waals surface area (Å²) in [5.41, 5.74) is 3.43. The van der Waals surface area contributed by atoms with Gasteiger partial charge in [0, 0.05) is 18.8 Å². The number of methoxy groups -OCH3 is 2. The second-order valence-corrected chi connectivity index (χ2v) is 7.33. The molecule has 1 saturated carbocycles. The van der Waals surface area contributed by atoms with Crippen molar-refractivity contribution in [1.29, 1.82) is 0 Å². The fourth-order valence-electron chi connectivity index (χ4n) is 3.38. The predicted molar refractivity (Wildman–Crippen MR) is 111 cm³/mol. The lowest BCUT2D eigenvalue weighted by Crippen LogP contribution is -2.33. The first-order chi connectivity index (χ1) is 14.1. The van der Waals surface area contributed by atoms with Gasteiger partial charge in [0.25, 0.3) is 5.91 Å². The predicted octanol–water partition coefficient (Wildman–Crippen LogP) is 4.00. The SMILES string of the molecule is COc1ccc(CN(C(=O)c2ccn(-c3cc(C)ccc3OC)n2)C2CC2)cc1. The van der Waals surface area contributed by atoms with Crippen LogP contribution in [0.5, 0.6) is 11.5 Å². The molecule has 0 radical (unpaired) electrons. The Kier molecular flexibility index (Phi) is 5.25. The molecule has 1 heterocycles. The van der Waals surface area contributed by atoms with Crippen molar-refractivity contribution < 1.29 is 14.3 Å². The quantitative estimate of drug-likeness (QED) is 0.611. The number of carbonyl (C=O) groups excluding carboxylic acids is 1. The molecule has 0 bridgehead atoms. The molecule has 1 amide bonds. The lowest BCUT2D eigenvalue weighted by Gasteiger charge is -2.21. The van der Waals surface area contributed by atoms with Gasteiger partial charge in [-0.3, -0.25) is 4.79 Å². The van der Waals surface area contributed by atoms with E-state index < -0.39 is 0 Å². The fourth-order valence-corrected chi connectivity index (χ4v) is 3.38. The van der Waals surface area contributed by atoms with Gasteiger partial charge in [0.15, 0.2) is 5.69 Å². The number of ether oxygens (including phenoxy) is 2. The van der Waals surface area contributed by atoms with Crippen molar-refractivity contribution in [3.8, 4) is 17.2 Å². The van der Waals surface area contributed by atoms with E-state index in [1.165, 1.54) is 0 Å². The van der Waals surface area contributed by atoms with Crippen LogP contribution in [0.2, 0.25) is 0 Å². The Labute approximate surface area is 170 Å². The van der Waals surface area contributed by atoms with Gasteiger partial charge in [-0.2, -0.15) is 5.10 Å². The number of nitrogens with zero attached hydrogens (tertiary/aromatic N) is 3. The molecule has 6 nitrogen and oxygen atoms in total. The molecular weight excluding hydrogens is 366 g/mol. The summed E-state index contributed by atoms with van der Waals surface area (Å²) in [5, 5.41) is 4.56. The summed E-state index contributed by atoms with van der Waals surface area (Å²) in [7, 11) is 3.28. The van der Waals surface area contributed by atoms with E-state index in [0.717, 1.165) is 41.2 Å². The van der Waals surface area contributed by atoms with Crippen LogP contribution < -0.4 is 9.47 Å². The van der Waals surface area contributed by atoms with E-state index in [1.54, 1.807) is 25.0 Å². The first-order valence-corrected chi connectivity index (χ1v) is 9.73. The summed E-state index contributed by atoms with van der Waals surface area (Å²) in [6, 6.07) is 15.8. The highest BCUT2D eigenvalue weighted by Gasteiger charge is 2.34. The first-order valence-electron chi connectivity index (χ1n) is 9.73. The second-order valence-electron chi connectivity index (χ2n) is 7.33. The maximum absolute atomic E-state index is 13.2. The van der Waals surface area contributed by atoms with Crippen molar-refractivity contribution in [2.75, 3.05) is 14.2 Å². The number of benzene rings is 2. The number of hydrogen-bond acceptors (Lipinski definition) is 4. The molecule has 1 aromatic heterocycles. The summed E-state index contributed by atoms with van der Waals surface area (Å²) < 4.78 is 12.4. The molecule has 0 atom stereocenters. The Morgan fingerprint density at radius 1 is 1.10 bits per heavy atom. The van der Waals surface area contributed by atoms with E-state index in [9.17, 15) is 4.79 Å². The van der Waals surface area contributed by atoms with Crippen molar-refractivity contribution in [3.63, 3.8) is 0 Å². The number of carbonyl (C=O) groups is 1. The maximum atomic E-state index is 13.2. The Morgan fingerprint density at radius 3 is 2.52 bits per heavy atom. The molecule has 1 aliphatic rings. The molecule has 0 saturated heterocycles. The van der Waals surface area contributed by atoms with Crippen molar-refractivity contribution in [3.05, 3.63) is 71.5 Å². The molecule has 0 spiro atoms. The third kappa shape index (κ3) is 4.11. The Bertz CT molecular complexity index is 1010. The summed E-state index contributed by atoms with van der Waals surface area (Å²) in [6.07, 6.45) is 3.88. The largest absolute Gasteiger partial charge is 0.497 e. The lowest BCUT2D eigenvalue weighted by atomic mass is 10.2. The van der Waals surface area contributed by atoms with Gasteiger partial charge in [0.2, 0.25) is 0 Å². The Balaban J connectivity index is 1.57. The van der Waals surface area contributed by atoms with Crippen molar-refractivity contribution in [1.82, 2.24) is 14.7 Å². The van der Waals surface area contributed by atoms with Gasteiger partial charge >= 0.3 is 0 Å². The highest BCUT2D eigenvalue weighted by molar-refractivity contribution is 5.92. The molecule has 1 aliphatic carbocycles. The molecule has 150 valence electrons. The zero-order valence-electron chi connectivity index (χ0n) is 17.0. The Hall–Kier alpha value is -3.28. The van der Waals surface area contributed by atoms with Crippen LogP contribution in [0.4, 0.5) is 0 Å². The fraction of sp³-hybridized carbons (Fsp3) is 0.304. The smallest absolute Gasteiger partial charge is 0.274 e. The minimum Gasteiger partial charge on any atom is -0.497 e. The lowest BCUT2D eigenvalue weighted by molar-refractivity contribution is 0.0723. The van der Waals surface area contributed by atoms with Crippen molar-refractivity contribution >= 4 is 5.91 Å². The van der Waals surface area contributed by atoms with E-state index in [1.807, 2.05) is 60.5 Å². The highest BCUT2D eigenvalue weighted by atomic mass is 16.5. The van der Waals surface area contributed by atoms with Crippen LogP contribution in [-0.4, -0.2) is 40.8 Å². The monoisotopic (exact) mass is 391 g/mol. The highest BCUT2D eigenvalue weighted by Crippen LogP contribution is 2.30. The molecule has 1 fully saturated rings. The van der Waals surface area contributed by atoms with Crippen LogP contribution >= 0.6 is 0 Å². The number of amides is 1. The third-order valence-corrected chi connectivity index (χ3v) is 5.15.